The highest BCUT2D eigenvalue weighted by Crippen LogP contribution is 2.27. The second kappa shape index (κ2) is 6.40. The normalized spacial score (nSPS) is 10.5. The van der Waals surface area contributed by atoms with Gasteiger partial charge in [-0.2, -0.15) is 0 Å². The molecule has 0 aromatic heterocycles. The predicted octanol–water partition coefficient (Wildman–Crippen LogP) is 5.26. The first-order valence-electron chi connectivity index (χ1n) is 5.83. The molecule has 2 rings (SSSR count). The number of para-hydroxylation sites is 1. The quantitative estimate of drug-likeness (QED) is 0.688. The number of ether oxygens (including phenoxy) is 1. The summed E-state index contributed by atoms with van der Waals surface area (Å²) in [5.74, 6) is 0.483. The number of hydrogen-bond donors (Lipinski definition) is 0. The molecule has 1 nitrogen and oxygen atoms in total. The molecule has 0 fully saturated rings. The number of halogens is 3. The van der Waals surface area contributed by atoms with Crippen LogP contribution >= 0.6 is 27.5 Å². The van der Waals surface area contributed by atoms with Crippen LogP contribution in [0.3, 0.4) is 0 Å². The van der Waals surface area contributed by atoms with Crippen LogP contribution in [0.4, 0.5) is 4.39 Å². The Morgan fingerprint density at radius 1 is 1.21 bits per heavy atom. The highest BCUT2D eigenvalue weighted by atomic mass is 79.9. The summed E-state index contributed by atoms with van der Waals surface area (Å²) in [5.41, 5.74) is 2.53. The maximum atomic E-state index is 13.6. The summed E-state index contributed by atoms with van der Waals surface area (Å²) in [7, 11) is 0. The van der Waals surface area contributed by atoms with Crippen LogP contribution in [0, 0.1) is 12.7 Å². The minimum atomic E-state index is -0.307. The van der Waals surface area contributed by atoms with Gasteiger partial charge in [0, 0.05) is 21.5 Å². The molecule has 0 saturated heterocycles. The number of alkyl halides is 1. The lowest BCUT2D eigenvalue weighted by molar-refractivity contribution is 0.295. The van der Waals surface area contributed by atoms with Gasteiger partial charge in [0.25, 0.3) is 0 Å². The molecule has 0 aliphatic rings. The zero-order valence-electron chi connectivity index (χ0n) is 10.4. The van der Waals surface area contributed by atoms with Crippen LogP contribution in [0.5, 0.6) is 5.75 Å². The first-order chi connectivity index (χ1) is 9.11. The maximum Gasteiger partial charge on any atom is 0.129 e. The third kappa shape index (κ3) is 3.48. The topological polar surface area (TPSA) is 9.23 Å². The van der Waals surface area contributed by atoms with E-state index in [1.54, 1.807) is 6.07 Å². The van der Waals surface area contributed by atoms with Gasteiger partial charge in [-0.1, -0.05) is 45.7 Å². The van der Waals surface area contributed by atoms with E-state index in [1.165, 1.54) is 12.1 Å². The Morgan fingerprint density at radius 3 is 2.74 bits per heavy atom. The molecule has 0 amide bonds. The molecule has 100 valence electrons. The summed E-state index contributed by atoms with van der Waals surface area (Å²) in [4.78, 5) is 0. The van der Waals surface area contributed by atoms with E-state index in [9.17, 15) is 4.39 Å². The predicted molar refractivity (Wildman–Crippen MR) is 79.6 cm³/mol. The molecular formula is C15H13BrClFO. The fourth-order valence-corrected chi connectivity index (χ4v) is 2.47. The summed E-state index contributed by atoms with van der Waals surface area (Å²) in [6.45, 7) is 2.13. The van der Waals surface area contributed by atoms with E-state index < -0.39 is 0 Å². The fraction of sp³-hybridized carbons (Fsp3) is 0.200. The van der Waals surface area contributed by atoms with Crippen molar-refractivity contribution < 1.29 is 9.13 Å². The van der Waals surface area contributed by atoms with Crippen LogP contribution in [0.1, 0.15) is 16.7 Å². The lowest BCUT2D eigenvalue weighted by atomic mass is 10.1. The number of benzene rings is 2. The van der Waals surface area contributed by atoms with Crippen molar-refractivity contribution in [2.24, 2.45) is 0 Å². The highest BCUT2D eigenvalue weighted by Gasteiger charge is 2.08. The van der Waals surface area contributed by atoms with Gasteiger partial charge in [0.1, 0.15) is 18.2 Å². The summed E-state index contributed by atoms with van der Waals surface area (Å²) in [5, 5.41) is 1.20. The minimum Gasteiger partial charge on any atom is -0.488 e. The number of aryl methyl sites for hydroxylation is 1. The zero-order chi connectivity index (χ0) is 13.8. The van der Waals surface area contributed by atoms with Crippen LogP contribution in [-0.2, 0) is 11.9 Å². The van der Waals surface area contributed by atoms with Gasteiger partial charge in [-0.15, -0.1) is 0 Å². The molecule has 0 unspecified atom stereocenters. The molecule has 0 radical (unpaired) electrons. The van der Waals surface area contributed by atoms with Crippen molar-refractivity contribution in [2.45, 2.75) is 18.9 Å². The second-order valence-electron chi connectivity index (χ2n) is 4.22. The molecule has 0 heterocycles. The van der Waals surface area contributed by atoms with E-state index in [2.05, 4.69) is 15.9 Å². The smallest absolute Gasteiger partial charge is 0.129 e. The van der Waals surface area contributed by atoms with Crippen molar-refractivity contribution in [3.8, 4) is 5.75 Å². The van der Waals surface area contributed by atoms with Gasteiger partial charge < -0.3 is 4.74 Å². The SMILES string of the molecule is Cc1cccc(CBr)c1OCc1cc(Cl)ccc1F. The van der Waals surface area contributed by atoms with E-state index in [0.29, 0.717) is 15.9 Å². The Balaban J connectivity index is 2.21. The van der Waals surface area contributed by atoms with E-state index in [1.807, 2.05) is 25.1 Å². The largest absolute Gasteiger partial charge is 0.488 e. The van der Waals surface area contributed by atoms with Crippen LogP contribution in [-0.4, -0.2) is 0 Å². The molecule has 0 aliphatic carbocycles. The van der Waals surface area contributed by atoms with Crippen LogP contribution < -0.4 is 4.74 Å². The van der Waals surface area contributed by atoms with Crippen molar-refractivity contribution in [1.82, 2.24) is 0 Å². The molecule has 0 atom stereocenters. The van der Waals surface area contributed by atoms with Crippen LogP contribution in [0.2, 0.25) is 5.02 Å². The molecule has 0 bridgehead atoms. The van der Waals surface area contributed by atoms with Gasteiger partial charge in [0.05, 0.1) is 0 Å². The molecule has 0 N–H and O–H groups in total. The highest BCUT2D eigenvalue weighted by molar-refractivity contribution is 9.08. The Hall–Kier alpha value is -1.06. The van der Waals surface area contributed by atoms with Crippen molar-refractivity contribution in [1.29, 1.82) is 0 Å². The average Bonchev–Trinajstić information content (AvgIpc) is 2.40. The van der Waals surface area contributed by atoms with Gasteiger partial charge >= 0.3 is 0 Å². The van der Waals surface area contributed by atoms with E-state index in [0.717, 1.165) is 16.9 Å². The summed E-state index contributed by atoms with van der Waals surface area (Å²) in [6, 6.07) is 10.4. The fourth-order valence-electron chi connectivity index (χ4n) is 1.83. The van der Waals surface area contributed by atoms with Crippen LogP contribution in [0.15, 0.2) is 36.4 Å². The van der Waals surface area contributed by atoms with Crippen molar-refractivity contribution in [3.63, 3.8) is 0 Å². The second-order valence-corrected chi connectivity index (χ2v) is 5.22. The lowest BCUT2D eigenvalue weighted by Crippen LogP contribution is -2.01. The van der Waals surface area contributed by atoms with Crippen molar-refractivity contribution in [2.75, 3.05) is 0 Å². The molecule has 0 spiro atoms. The third-order valence-electron chi connectivity index (χ3n) is 2.82. The average molecular weight is 344 g/mol. The first-order valence-corrected chi connectivity index (χ1v) is 7.33. The lowest BCUT2D eigenvalue weighted by Gasteiger charge is -2.13. The standard InChI is InChI=1S/C15H13BrClFO/c1-10-3-2-4-11(8-16)15(10)19-9-12-7-13(17)5-6-14(12)18/h2-7H,8-9H2,1H3. The maximum absolute atomic E-state index is 13.6. The Morgan fingerprint density at radius 2 is 2.00 bits per heavy atom. The third-order valence-corrected chi connectivity index (χ3v) is 3.66. The first kappa shape index (κ1) is 14.4. The van der Waals surface area contributed by atoms with E-state index >= 15 is 0 Å². The van der Waals surface area contributed by atoms with Crippen LogP contribution in [0.25, 0.3) is 0 Å². The molecule has 19 heavy (non-hydrogen) atoms. The summed E-state index contributed by atoms with van der Waals surface area (Å²) >= 11 is 9.28. The number of hydrogen-bond acceptors (Lipinski definition) is 1. The monoisotopic (exact) mass is 342 g/mol. The Bertz CT molecular complexity index is 586. The molecule has 0 aliphatic heterocycles. The molecule has 2 aromatic carbocycles. The van der Waals surface area contributed by atoms with Gasteiger partial charge in [-0.25, -0.2) is 4.39 Å². The molecule has 0 saturated carbocycles. The molecule has 4 heteroatoms. The van der Waals surface area contributed by atoms with Gasteiger partial charge in [0.2, 0.25) is 0 Å². The molecule has 2 aromatic rings. The Labute approximate surface area is 125 Å². The van der Waals surface area contributed by atoms with Crippen molar-refractivity contribution >= 4 is 27.5 Å². The Kier molecular flexibility index (Phi) is 4.83. The van der Waals surface area contributed by atoms with E-state index in [-0.39, 0.29) is 12.4 Å². The summed E-state index contributed by atoms with van der Waals surface area (Å²) in [6.07, 6.45) is 0. The molecular weight excluding hydrogens is 331 g/mol. The number of rotatable bonds is 4. The van der Waals surface area contributed by atoms with E-state index in [4.69, 9.17) is 16.3 Å². The van der Waals surface area contributed by atoms with Gasteiger partial charge in [-0.05, 0) is 30.7 Å². The minimum absolute atomic E-state index is 0.164. The van der Waals surface area contributed by atoms with Gasteiger partial charge in [0.15, 0.2) is 0 Å². The zero-order valence-corrected chi connectivity index (χ0v) is 12.8. The van der Waals surface area contributed by atoms with Gasteiger partial charge in [-0.3, -0.25) is 0 Å². The van der Waals surface area contributed by atoms with Crippen molar-refractivity contribution in [3.05, 3.63) is 63.9 Å². The summed E-state index contributed by atoms with van der Waals surface area (Å²) < 4.78 is 19.4.